The van der Waals surface area contributed by atoms with Gasteiger partial charge in [0.1, 0.15) is 11.5 Å². The molecule has 3 fully saturated rings. The second-order valence-corrected chi connectivity index (χ2v) is 10.3. The SMILES string of the molecule is CCCCCN(C(=O)O[C@H]1C[N+]2(CCCc3ccccc3)CCC1CC2)c1cccs1. The number of fused-ring (bicyclic) bond motifs is 3. The van der Waals surface area contributed by atoms with Crippen molar-refractivity contribution in [2.75, 3.05) is 37.6 Å². The van der Waals surface area contributed by atoms with E-state index in [2.05, 4.69) is 37.3 Å². The number of carbonyl (C=O) groups is 1. The summed E-state index contributed by atoms with van der Waals surface area (Å²) in [6, 6.07) is 14.8. The largest absolute Gasteiger partial charge is 0.440 e. The highest BCUT2D eigenvalue weighted by atomic mass is 32.1. The summed E-state index contributed by atoms with van der Waals surface area (Å²) in [5.41, 5.74) is 1.43. The lowest BCUT2D eigenvalue weighted by Gasteiger charge is -2.52. The summed E-state index contributed by atoms with van der Waals surface area (Å²) in [6.07, 6.45) is 7.98. The first-order valence-corrected chi connectivity index (χ1v) is 13.0. The quantitative estimate of drug-likeness (QED) is 0.328. The number of ether oxygens (including phenoxy) is 1. The summed E-state index contributed by atoms with van der Waals surface area (Å²) in [4.78, 5) is 15.1. The summed E-state index contributed by atoms with van der Waals surface area (Å²) in [7, 11) is 0. The van der Waals surface area contributed by atoms with E-state index in [0.717, 1.165) is 48.3 Å². The smallest absolute Gasteiger partial charge is 0.415 e. The van der Waals surface area contributed by atoms with Crippen molar-refractivity contribution in [2.24, 2.45) is 5.92 Å². The molecule has 3 aliphatic heterocycles. The van der Waals surface area contributed by atoms with Crippen molar-refractivity contribution in [1.29, 1.82) is 0 Å². The lowest BCUT2D eigenvalue weighted by atomic mass is 9.83. The molecule has 168 valence electrons. The molecule has 1 aromatic carbocycles. The first kappa shape index (κ1) is 22.3. The van der Waals surface area contributed by atoms with Crippen molar-refractivity contribution < 1.29 is 14.0 Å². The Balaban J connectivity index is 1.35. The summed E-state index contributed by atoms with van der Waals surface area (Å²) in [5, 5.41) is 3.05. The summed E-state index contributed by atoms with van der Waals surface area (Å²) in [6.45, 7) is 7.64. The van der Waals surface area contributed by atoms with Crippen LogP contribution in [0.4, 0.5) is 9.80 Å². The van der Waals surface area contributed by atoms with Crippen LogP contribution in [0.3, 0.4) is 0 Å². The highest BCUT2D eigenvalue weighted by Gasteiger charge is 2.47. The number of amides is 1. The van der Waals surface area contributed by atoms with Crippen molar-refractivity contribution in [1.82, 2.24) is 0 Å². The lowest BCUT2D eigenvalue weighted by molar-refractivity contribution is -0.946. The van der Waals surface area contributed by atoms with Crippen molar-refractivity contribution in [2.45, 2.75) is 58.0 Å². The van der Waals surface area contributed by atoms with Gasteiger partial charge < -0.3 is 9.22 Å². The average molecular weight is 442 g/mol. The Hall–Kier alpha value is -1.85. The second-order valence-electron chi connectivity index (χ2n) is 9.35. The molecule has 2 bridgehead atoms. The van der Waals surface area contributed by atoms with Gasteiger partial charge in [0.25, 0.3) is 0 Å². The molecular formula is C26H37N2O2S+. The second kappa shape index (κ2) is 10.6. The van der Waals surface area contributed by atoms with E-state index in [1.54, 1.807) is 11.3 Å². The third-order valence-corrected chi connectivity index (χ3v) is 8.10. The van der Waals surface area contributed by atoms with Crippen LogP contribution in [0.15, 0.2) is 47.8 Å². The fourth-order valence-electron chi connectivity index (χ4n) is 5.36. The summed E-state index contributed by atoms with van der Waals surface area (Å²) in [5.74, 6) is 0.541. The molecule has 5 rings (SSSR count). The Morgan fingerprint density at radius 3 is 2.61 bits per heavy atom. The van der Waals surface area contributed by atoms with Gasteiger partial charge in [-0.05, 0) is 35.9 Å². The molecule has 3 saturated heterocycles. The number of rotatable bonds is 10. The van der Waals surface area contributed by atoms with Gasteiger partial charge in [-0.2, -0.15) is 0 Å². The number of piperidine rings is 3. The van der Waals surface area contributed by atoms with Gasteiger partial charge in [-0.1, -0.05) is 50.1 Å². The van der Waals surface area contributed by atoms with Crippen molar-refractivity contribution in [3.63, 3.8) is 0 Å². The van der Waals surface area contributed by atoms with E-state index in [9.17, 15) is 4.79 Å². The number of quaternary nitrogens is 1. The number of aryl methyl sites for hydroxylation is 1. The van der Waals surface area contributed by atoms with E-state index >= 15 is 0 Å². The number of carbonyl (C=O) groups excluding carboxylic acids is 1. The molecule has 1 amide bonds. The van der Waals surface area contributed by atoms with Crippen LogP contribution < -0.4 is 4.90 Å². The molecule has 0 spiro atoms. The molecule has 0 N–H and O–H groups in total. The highest BCUT2D eigenvalue weighted by molar-refractivity contribution is 7.14. The van der Waals surface area contributed by atoms with Crippen molar-refractivity contribution >= 4 is 22.4 Å². The van der Waals surface area contributed by atoms with E-state index in [0.29, 0.717) is 5.92 Å². The molecule has 0 unspecified atom stereocenters. The topological polar surface area (TPSA) is 29.5 Å². The molecule has 5 heteroatoms. The zero-order valence-corrected chi connectivity index (χ0v) is 19.7. The van der Waals surface area contributed by atoms with E-state index in [1.807, 2.05) is 22.4 Å². The van der Waals surface area contributed by atoms with Crippen LogP contribution in [0.5, 0.6) is 0 Å². The van der Waals surface area contributed by atoms with Crippen molar-refractivity contribution in [3.05, 3.63) is 53.4 Å². The molecular weight excluding hydrogens is 404 g/mol. The number of hydrogen-bond donors (Lipinski definition) is 0. The summed E-state index contributed by atoms with van der Waals surface area (Å²) < 4.78 is 7.34. The Bertz CT molecular complexity index is 800. The number of hydrogen-bond acceptors (Lipinski definition) is 3. The van der Waals surface area contributed by atoms with Gasteiger partial charge in [0.05, 0.1) is 19.6 Å². The minimum atomic E-state index is -0.139. The monoisotopic (exact) mass is 441 g/mol. The normalized spacial score (nSPS) is 24.8. The van der Waals surface area contributed by atoms with Gasteiger partial charge in [-0.15, -0.1) is 11.3 Å². The molecule has 1 atom stereocenters. The van der Waals surface area contributed by atoms with Gasteiger partial charge in [0, 0.05) is 31.7 Å². The number of thiophene rings is 1. The van der Waals surface area contributed by atoms with Gasteiger partial charge in [0.2, 0.25) is 0 Å². The Kier molecular flexibility index (Phi) is 7.67. The molecule has 0 saturated carbocycles. The molecule has 4 nitrogen and oxygen atoms in total. The Morgan fingerprint density at radius 2 is 1.90 bits per heavy atom. The maximum absolute atomic E-state index is 13.2. The van der Waals surface area contributed by atoms with E-state index in [-0.39, 0.29) is 12.2 Å². The van der Waals surface area contributed by atoms with Crippen molar-refractivity contribution in [3.8, 4) is 0 Å². The first-order chi connectivity index (χ1) is 15.2. The minimum Gasteiger partial charge on any atom is -0.440 e. The zero-order chi connectivity index (χ0) is 21.5. The maximum Gasteiger partial charge on any atom is 0.415 e. The molecule has 4 heterocycles. The predicted molar refractivity (Wildman–Crippen MR) is 129 cm³/mol. The number of unbranched alkanes of at least 4 members (excludes halogenated alkanes) is 2. The van der Waals surface area contributed by atoms with E-state index in [4.69, 9.17) is 4.74 Å². The predicted octanol–water partition coefficient (Wildman–Crippen LogP) is 6.12. The molecule has 0 radical (unpaired) electrons. The molecule has 0 aliphatic carbocycles. The maximum atomic E-state index is 13.2. The fraction of sp³-hybridized carbons (Fsp3) is 0.577. The van der Waals surface area contributed by atoms with Crippen LogP contribution in [0.25, 0.3) is 0 Å². The van der Waals surface area contributed by atoms with Crippen LogP contribution >= 0.6 is 11.3 Å². The molecule has 31 heavy (non-hydrogen) atoms. The first-order valence-electron chi connectivity index (χ1n) is 12.1. The standard InChI is InChI=1S/C26H37N2O2S/c1-2-3-7-16-27(25-13-9-20-31-25)26(29)30-24-21-28(18-14-23(24)15-19-28)17-8-12-22-10-5-4-6-11-22/h4-6,9-11,13,20,23-24H,2-3,7-8,12,14-19,21H2,1H3/q+1/t23?,24-,28?/m0/s1. The molecule has 2 aromatic rings. The molecule has 1 aromatic heterocycles. The zero-order valence-electron chi connectivity index (χ0n) is 18.9. The third kappa shape index (κ3) is 5.69. The number of anilines is 1. The van der Waals surface area contributed by atoms with Gasteiger partial charge in [-0.3, -0.25) is 4.90 Å². The Labute approximate surface area is 191 Å². The Morgan fingerprint density at radius 1 is 1.10 bits per heavy atom. The van der Waals surface area contributed by atoms with Crippen LogP contribution in [0.2, 0.25) is 0 Å². The number of benzene rings is 1. The average Bonchev–Trinajstić information content (AvgIpc) is 3.32. The van der Waals surface area contributed by atoms with Gasteiger partial charge in [-0.25, -0.2) is 4.79 Å². The summed E-state index contributed by atoms with van der Waals surface area (Å²) >= 11 is 1.62. The lowest BCUT2D eigenvalue weighted by Crippen LogP contribution is -2.65. The van der Waals surface area contributed by atoms with Gasteiger partial charge in [0.15, 0.2) is 6.10 Å². The molecule has 3 aliphatic rings. The van der Waals surface area contributed by atoms with Crippen LogP contribution in [-0.2, 0) is 11.2 Å². The van der Waals surface area contributed by atoms with Crippen LogP contribution in [-0.4, -0.2) is 49.4 Å². The van der Waals surface area contributed by atoms with Crippen LogP contribution in [0.1, 0.15) is 51.0 Å². The van der Waals surface area contributed by atoms with E-state index in [1.165, 1.54) is 44.5 Å². The number of nitrogens with zero attached hydrogens (tertiary/aromatic N) is 2. The van der Waals surface area contributed by atoms with Crippen LogP contribution in [0, 0.1) is 5.92 Å². The van der Waals surface area contributed by atoms with E-state index < -0.39 is 0 Å². The highest BCUT2D eigenvalue weighted by Crippen LogP contribution is 2.36. The minimum absolute atomic E-state index is 0.0698. The van der Waals surface area contributed by atoms with Gasteiger partial charge >= 0.3 is 6.09 Å². The third-order valence-electron chi connectivity index (χ3n) is 7.21. The fourth-order valence-corrected chi connectivity index (χ4v) is 6.11.